The van der Waals surface area contributed by atoms with Gasteiger partial charge in [-0.25, -0.2) is 4.79 Å². The van der Waals surface area contributed by atoms with Crippen LogP contribution in [-0.4, -0.2) is 20.7 Å². The molecular formula is C24H27NO3Si. The number of carbonyl (C=O) groups is 1. The molecule has 0 saturated heterocycles. The summed E-state index contributed by atoms with van der Waals surface area (Å²) in [5.74, 6) is 0.697. The molecule has 0 aliphatic rings. The van der Waals surface area contributed by atoms with Crippen molar-refractivity contribution in [2.45, 2.75) is 44.8 Å². The summed E-state index contributed by atoms with van der Waals surface area (Å²) in [5.41, 5.74) is 3.93. The molecule has 0 atom stereocenters. The highest BCUT2D eigenvalue weighted by Gasteiger charge is 2.16. The van der Waals surface area contributed by atoms with Gasteiger partial charge in [0.2, 0.25) is 0 Å². The van der Waals surface area contributed by atoms with Crippen LogP contribution in [0.4, 0.5) is 0 Å². The Kier molecular flexibility index (Phi) is 8.52. The van der Waals surface area contributed by atoms with Crippen molar-refractivity contribution >= 4 is 14.0 Å². The number of hydrogen-bond acceptors (Lipinski definition) is 4. The smallest absolute Gasteiger partial charge is 0.343 e. The molecule has 150 valence electrons. The summed E-state index contributed by atoms with van der Waals surface area (Å²) in [6.07, 6.45) is 10.1. The Balaban J connectivity index is 1.69. The van der Waals surface area contributed by atoms with Crippen LogP contribution in [0, 0.1) is 23.3 Å². The number of terminal acetylenes is 1. The molecule has 0 bridgehead atoms. The molecule has 0 amide bonds. The molecule has 0 aliphatic carbocycles. The molecule has 2 rings (SSSR count). The van der Waals surface area contributed by atoms with Gasteiger partial charge in [-0.15, -0.1) is 12.0 Å². The van der Waals surface area contributed by atoms with E-state index in [1.54, 1.807) is 48.5 Å². The molecule has 4 nitrogen and oxygen atoms in total. The lowest BCUT2D eigenvalue weighted by Gasteiger charge is -2.13. The van der Waals surface area contributed by atoms with Gasteiger partial charge in [0.05, 0.1) is 23.8 Å². The summed E-state index contributed by atoms with van der Waals surface area (Å²) in [4.78, 5) is 12.2. The molecule has 0 radical (unpaired) electrons. The fourth-order valence-electron chi connectivity index (χ4n) is 2.74. The van der Waals surface area contributed by atoms with Crippen LogP contribution < -0.4 is 9.47 Å². The fourth-order valence-corrected chi connectivity index (χ4v) is 4.01. The number of nitriles is 1. The van der Waals surface area contributed by atoms with Crippen molar-refractivity contribution in [3.8, 4) is 29.5 Å². The zero-order chi connectivity index (χ0) is 21.1. The van der Waals surface area contributed by atoms with Crippen molar-refractivity contribution in [1.29, 1.82) is 5.26 Å². The van der Waals surface area contributed by atoms with Crippen molar-refractivity contribution in [3.63, 3.8) is 0 Å². The minimum Gasteiger partial charge on any atom is -0.494 e. The second kappa shape index (κ2) is 11.1. The van der Waals surface area contributed by atoms with Gasteiger partial charge in [-0.2, -0.15) is 5.26 Å². The third-order valence-corrected chi connectivity index (χ3v) is 7.02. The van der Waals surface area contributed by atoms with Crippen LogP contribution in [0.1, 0.15) is 41.6 Å². The molecule has 0 heterocycles. The Morgan fingerprint density at radius 3 is 2.21 bits per heavy atom. The van der Waals surface area contributed by atoms with E-state index < -0.39 is 14.0 Å². The summed E-state index contributed by atoms with van der Waals surface area (Å²) in [7, 11) is -1.40. The minimum absolute atomic E-state index is 0.405. The highest BCUT2D eigenvalue weighted by Crippen LogP contribution is 2.18. The van der Waals surface area contributed by atoms with E-state index in [2.05, 4.69) is 18.6 Å². The summed E-state index contributed by atoms with van der Waals surface area (Å²) in [6.45, 7) is 5.13. The number of rotatable bonds is 10. The van der Waals surface area contributed by atoms with E-state index in [0.29, 0.717) is 23.5 Å². The molecule has 0 saturated carbocycles. The number of hydrogen-bond donors (Lipinski definition) is 0. The van der Waals surface area contributed by atoms with Crippen molar-refractivity contribution in [1.82, 2.24) is 0 Å². The molecular weight excluding hydrogens is 378 g/mol. The normalized spacial score (nSPS) is 10.6. The average Bonchev–Trinajstić information content (AvgIpc) is 2.74. The van der Waals surface area contributed by atoms with Crippen LogP contribution in [0.25, 0.3) is 0 Å². The van der Waals surface area contributed by atoms with E-state index in [0.717, 1.165) is 18.6 Å². The lowest BCUT2D eigenvalue weighted by Crippen LogP contribution is -2.22. The summed E-state index contributed by atoms with van der Waals surface area (Å²) < 4.78 is 11.1. The third kappa shape index (κ3) is 7.85. The van der Waals surface area contributed by atoms with E-state index >= 15 is 0 Å². The Hall–Kier alpha value is -3.02. The first-order chi connectivity index (χ1) is 13.9. The van der Waals surface area contributed by atoms with Crippen LogP contribution in [-0.2, 0) is 0 Å². The van der Waals surface area contributed by atoms with E-state index in [4.69, 9.17) is 21.2 Å². The van der Waals surface area contributed by atoms with E-state index in [-0.39, 0.29) is 0 Å². The number of esters is 1. The second-order valence-electron chi connectivity index (χ2n) is 7.59. The van der Waals surface area contributed by atoms with Crippen molar-refractivity contribution in [2.75, 3.05) is 6.61 Å². The molecule has 0 aromatic heterocycles. The predicted octanol–water partition coefficient (Wildman–Crippen LogP) is 5.60. The van der Waals surface area contributed by atoms with Gasteiger partial charge < -0.3 is 9.47 Å². The highest BCUT2D eigenvalue weighted by molar-refractivity contribution is 6.84. The lowest BCUT2D eigenvalue weighted by atomic mass is 10.2. The molecule has 0 N–H and O–H groups in total. The Morgan fingerprint density at radius 1 is 0.966 bits per heavy atom. The SMILES string of the molecule is C#C[Si](C)(C)CCCCCCOc1ccc(C(=O)Oc2ccc(C#N)cc2)cc1. The van der Waals surface area contributed by atoms with Gasteiger partial charge in [0.25, 0.3) is 0 Å². The summed E-state index contributed by atoms with van der Waals surface area (Å²) in [6, 6.07) is 16.6. The van der Waals surface area contributed by atoms with Crippen LogP contribution in [0.3, 0.4) is 0 Å². The number of ether oxygens (including phenoxy) is 2. The largest absolute Gasteiger partial charge is 0.494 e. The first-order valence-corrected chi connectivity index (χ1v) is 13.1. The van der Waals surface area contributed by atoms with Crippen LogP contribution in [0.2, 0.25) is 19.1 Å². The summed E-state index contributed by atoms with van der Waals surface area (Å²) >= 11 is 0. The molecule has 0 spiro atoms. The Bertz CT molecular complexity index is 874. The van der Waals surface area contributed by atoms with Crippen molar-refractivity contribution < 1.29 is 14.3 Å². The number of benzene rings is 2. The molecule has 2 aromatic rings. The molecule has 0 unspecified atom stereocenters. The zero-order valence-corrected chi connectivity index (χ0v) is 18.1. The number of unbranched alkanes of at least 4 members (excludes halogenated alkanes) is 3. The molecule has 29 heavy (non-hydrogen) atoms. The highest BCUT2D eigenvalue weighted by atomic mass is 28.3. The van der Waals surface area contributed by atoms with Crippen LogP contribution >= 0.6 is 0 Å². The van der Waals surface area contributed by atoms with E-state index in [9.17, 15) is 4.79 Å². The van der Waals surface area contributed by atoms with Gasteiger partial charge in [-0.3, -0.25) is 0 Å². The van der Waals surface area contributed by atoms with Gasteiger partial charge >= 0.3 is 5.97 Å². The van der Waals surface area contributed by atoms with Gasteiger partial charge in [0.1, 0.15) is 19.6 Å². The third-order valence-electron chi connectivity index (χ3n) is 4.64. The van der Waals surface area contributed by atoms with Gasteiger partial charge in [0, 0.05) is 0 Å². The average molecular weight is 406 g/mol. The zero-order valence-electron chi connectivity index (χ0n) is 17.1. The van der Waals surface area contributed by atoms with Gasteiger partial charge in [-0.1, -0.05) is 32.4 Å². The Labute approximate surface area is 174 Å². The molecule has 0 aliphatic heterocycles. The van der Waals surface area contributed by atoms with Crippen LogP contribution in [0.5, 0.6) is 11.5 Å². The quantitative estimate of drug-likeness (QED) is 0.170. The Morgan fingerprint density at radius 2 is 1.59 bits per heavy atom. The fraction of sp³-hybridized carbons (Fsp3) is 0.333. The first kappa shape index (κ1) is 22.3. The second-order valence-corrected chi connectivity index (χ2v) is 12.1. The molecule has 5 heteroatoms. The minimum atomic E-state index is -1.40. The molecule has 0 fully saturated rings. The van der Waals surface area contributed by atoms with Gasteiger partial charge in [0.15, 0.2) is 0 Å². The topological polar surface area (TPSA) is 59.3 Å². The molecule has 2 aromatic carbocycles. The van der Waals surface area contributed by atoms with Crippen molar-refractivity contribution in [3.05, 3.63) is 59.7 Å². The van der Waals surface area contributed by atoms with E-state index in [1.165, 1.54) is 18.9 Å². The maximum atomic E-state index is 12.2. The number of nitrogens with zero attached hydrogens (tertiary/aromatic N) is 1. The van der Waals surface area contributed by atoms with Gasteiger partial charge in [-0.05, 0) is 61.0 Å². The standard InChI is InChI=1S/C24H27NO3Si/c1-4-29(2,3)18-8-6-5-7-17-27-22-15-11-21(12-16-22)24(26)28-23-13-9-20(19-25)10-14-23/h1,9-16H,5-8,17-18H2,2-3H3. The van der Waals surface area contributed by atoms with Crippen molar-refractivity contribution in [2.24, 2.45) is 0 Å². The maximum Gasteiger partial charge on any atom is 0.343 e. The van der Waals surface area contributed by atoms with Crippen LogP contribution in [0.15, 0.2) is 48.5 Å². The lowest BCUT2D eigenvalue weighted by molar-refractivity contribution is 0.0734. The monoisotopic (exact) mass is 405 g/mol. The van der Waals surface area contributed by atoms with E-state index in [1.807, 2.05) is 6.07 Å². The first-order valence-electron chi connectivity index (χ1n) is 9.86. The maximum absolute atomic E-state index is 12.2. The number of carbonyl (C=O) groups excluding carboxylic acids is 1. The predicted molar refractivity (Wildman–Crippen MR) is 118 cm³/mol. The summed E-state index contributed by atoms with van der Waals surface area (Å²) in [5, 5.41) is 8.79.